The summed E-state index contributed by atoms with van der Waals surface area (Å²) in [6, 6.07) is 0.541. The van der Waals surface area contributed by atoms with E-state index in [4.69, 9.17) is 4.74 Å². The second-order valence-electron chi connectivity index (χ2n) is 4.03. The predicted octanol–water partition coefficient (Wildman–Crippen LogP) is 3.14. The maximum absolute atomic E-state index is 5.18. The van der Waals surface area contributed by atoms with Gasteiger partial charge in [0, 0.05) is 13.2 Å². The van der Waals surface area contributed by atoms with E-state index in [0.29, 0.717) is 6.04 Å². The first kappa shape index (κ1) is 14.7. The van der Waals surface area contributed by atoms with Crippen LogP contribution in [0.4, 0.5) is 0 Å². The Labute approximate surface area is 95.1 Å². The lowest BCUT2D eigenvalue weighted by atomic mass is 10.1. The van der Waals surface area contributed by atoms with E-state index >= 15 is 0 Å². The molecule has 0 amide bonds. The van der Waals surface area contributed by atoms with E-state index < -0.39 is 0 Å². The highest BCUT2D eigenvalue weighted by Gasteiger charge is 2.04. The average molecular weight is 213 g/mol. The third-order valence-corrected chi connectivity index (χ3v) is 2.52. The molecule has 0 rings (SSSR count). The van der Waals surface area contributed by atoms with E-state index in [1.165, 1.54) is 32.1 Å². The second-order valence-corrected chi connectivity index (χ2v) is 4.03. The summed E-state index contributed by atoms with van der Waals surface area (Å²) in [5.74, 6) is 0. The molecule has 0 fully saturated rings. The molecule has 0 aliphatic rings. The molecule has 0 saturated carbocycles. The van der Waals surface area contributed by atoms with E-state index in [0.717, 1.165) is 19.6 Å². The van der Waals surface area contributed by atoms with E-state index in [1.54, 1.807) is 7.11 Å². The van der Waals surface area contributed by atoms with Gasteiger partial charge in [-0.15, -0.1) is 6.58 Å². The van der Waals surface area contributed by atoms with Crippen LogP contribution in [0, 0.1) is 0 Å². The summed E-state index contributed by atoms with van der Waals surface area (Å²) in [5, 5.41) is 3.55. The van der Waals surface area contributed by atoms with Gasteiger partial charge in [-0.2, -0.15) is 0 Å². The van der Waals surface area contributed by atoms with Crippen molar-refractivity contribution < 1.29 is 4.74 Å². The van der Waals surface area contributed by atoms with Crippen molar-refractivity contribution in [2.24, 2.45) is 0 Å². The fourth-order valence-corrected chi connectivity index (χ4v) is 1.69. The zero-order valence-corrected chi connectivity index (χ0v) is 10.4. The van der Waals surface area contributed by atoms with E-state index in [9.17, 15) is 0 Å². The molecule has 0 radical (unpaired) electrons. The van der Waals surface area contributed by atoms with Crippen LogP contribution in [-0.4, -0.2) is 26.3 Å². The molecule has 0 spiro atoms. The molecule has 90 valence electrons. The molecule has 1 atom stereocenters. The molecule has 15 heavy (non-hydrogen) atoms. The lowest BCUT2D eigenvalue weighted by molar-refractivity contribution is 0.162. The molecule has 0 aromatic carbocycles. The number of nitrogens with one attached hydrogen (secondary N) is 1. The van der Waals surface area contributed by atoms with Crippen LogP contribution in [0.1, 0.15) is 45.4 Å². The summed E-state index contributed by atoms with van der Waals surface area (Å²) < 4.78 is 5.18. The number of hydrogen-bond donors (Lipinski definition) is 1. The summed E-state index contributed by atoms with van der Waals surface area (Å²) in [6.45, 7) is 7.89. The third-order valence-electron chi connectivity index (χ3n) is 2.52. The number of ether oxygens (including phenoxy) is 1. The zero-order chi connectivity index (χ0) is 11.4. The van der Waals surface area contributed by atoms with Gasteiger partial charge in [-0.3, -0.25) is 0 Å². The van der Waals surface area contributed by atoms with Crippen LogP contribution >= 0.6 is 0 Å². The largest absolute Gasteiger partial charge is 0.383 e. The fraction of sp³-hybridized carbons (Fsp3) is 0.846. The minimum atomic E-state index is 0.541. The Kier molecular flexibility index (Phi) is 11.5. The first-order valence-corrected chi connectivity index (χ1v) is 6.18. The van der Waals surface area contributed by atoms with Crippen LogP contribution in [0.15, 0.2) is 12.7 Å². The standard InChI is InChI=1S/C13H27NO/c1-4-6-7-8-9-11-14-13(10-5-2)12-15-3/h4,13-14H,1,5-12H2,2-3H3. The smallest absolute Gasteiger partial charge is 0.0615 e. The molecule has 0 aliphatic heterocycles. The fourth-order valence-electron chi connectivity index (χ4n) is 1.69. The number of unbranched alkanes of at least 4 members (excludes halogenated alkanes) is 3. The minimum Gasteiger partial charge on any atom is -0.383 e. The summed E-state index contributed by atoms with van der Waals surface area (Å²) in [4.78, 5) is 0. The maximum Gasteiger partial charge on any atom is 0.0615 e. The summed E-state index contributed by atoms with van der Waals surface area (Å²) in [6.07, 6.45) is 9.41. The van der Waals surface area contributed by atoms with Crippen molar-refractivity contribution in [3.05, 3.63) is 12.7 Å². The highest BCUT2D eigenvalue weighted by molar-refractivity contribution is 4.67. The topological polar surface area (TPSA) is 21.3 Å². The van der Waals surface area contributed by atoms with Gasteiger partial charge in [0.15, 0.2) is 0 Å². The molecule has 0 heterocycles. The van der Waals surface area contributed by atoms with Gasteiger partial charge in [-0.05, 0) is 32.2 Å². The lowest BCUT2D eigenvalue weighted by Gasteiger charge is -2.16. The monoisotopic (exact) mass is 213 g/mol. The molecule has 0 aromatic heterocycles. The summed E-state index contributed by atoms with van der Waals surface area (Å²) in [7, 11) is 1.77. The number of allylic oxidation sites excluding steroid dienone is 1. The molecular weight excluding hydrogens is 186 g/mol. The van der Waals surface area contributed by atoms with E-state index in [1.807, 2.05) is 6.08 Å². The van der Waals surface area contributed by atoms with Gasteiger partial charge in [0.2, 0.25) is 0 Å². The quantitative estimate of drug-likeness (QED) is 0.420. The molecule has 1 unspecified atom stereocenters. The SMILES string of the molecule is C=CCCCCCNC(CCC)COC. The van der Waals surface area contributed by atoms with Gasteiger partial charge < -0.3 is 10.1 Å². The Balaban J connectivity index is 3.31. The maximum atomic E-state index is 5.18. The first-order valence-electron chi connectivity index (χ1n) is 6.18. The Hall–Kier alpha value is -0.340. The molecule has 2 nitrogen and oxygen atoms in total. The number of rotatable bonds is 11. The minimum absolute atomic E-state index is 0.541. The normalized spacial score (nSPS) is 12.7. The van der Waals surface area contributed by atoms with Crippen LogP contribution in [0.5, 0.6) is 0 Å². The van der Waals surface area contributed by atoms with Gasteiger partial charge in [0.25, 0.3) is 0 Å². The Morgan fingerprint density at radius 3 is 2.73 bits per heavy atom. The van der Waals surface area contributed by atoms with E-state index in [-0.39, 0.29) is 0 Å². The van der Waals surface area contributed by atoms with Gasteiger partial charge in [-0.25, -0.2) is 0 Å². The molecule has 0 aromatic rings. The van der Waals surface area contributed by atoms with Gasteiger partial charge in [0.1, 0.15) is 0 Å². The number of methoxy groups -OCH3 is 1. The first-order chi connectivity index (χ1) is 7.35. The van der Waals surface area contributed by atoms with Crippen molar-refractivity contribution in [3.63, 3.8) is 0 Å². The number of hydrogen-bond acceptors (Lipinski definition) is 2. The van der Waals surface area contributed by atoms with Gasteiger partial charge in [-0.1, -0.05) is 25.8 Å². The van der Waals surface area contributed by atoms with Crippen molar-refractivity contribution in [1.82, 2.24) is 5.32 Å². The van der Waals surface area contributed by atoms with Crippen molar-refractivity contribution in [3.8, 4) is 0 Å². The van der Waals surface area contributed by atoms with Crippen LogP contribution in [0.2, 0.25) is 0 Å². The van der Waals surface area contributed by atoms with Crippen molar-refractivity contribution in [1.29, 1.82) is 0 Å². The molecule has 0 bridgehead atoms. The molecular formula is C13H27NO. The Morgan fingerprint density at radius 1 is 1.33 bits per heavy atom. The van der Waals surface area contributed by atoms with Crippen LogP contribution in [-0.2, 0) is 4.74 Å². The molecule has 0 aliphatic carbocycles. The highest BCUT2D eigenvalue weighted by Crippen LogP contribution is 2.01. The van der Waals surface area contributed by atoms with Gasteiger partial charge in [0.05, 0.1) is 6.61 Å². The van der Waals surface area contributed by atoms with Crippen LogP contribution in [0.25, 0.3) is 0 Å². The average Bonchev–Trinajstić information content (AvgIpc) is 2.24. The van der Waals surface area contributed by atoms with Crippen molar-refractivity contribution in [2.75, 3.05) is 20.3 Å². The predicted molar refractivity (Wildman–Crippen MR) is 67.2 cm³/mol. The molecule has 1 N–H and O–H groups in total. The van der Waals surface area contributed by atoms with E-state index in [2.05, 4.69) is 18.8 Å². The van der Waals surface area contributed by atoms with Crippen molar-refractivity contribution in [2.45, 2.75) is 51.5 Å². The Morgan fingerprint density at radius 2 is 2.13 bits per heavy atom. The van der Waals surface area contributed by atoms with Crippen LogP contribution < -0.4 is 5.32 Å². The lowest BCUT2D eigenvalue weighted by Crippen LogP contribution is -2.33. The Bertz CT molecular complexity index is 130. The van der Waals surface area contributed by atoms with Gasteiger partial charge >= 0.3 is 0 Å². The molecule has 0 saturated heterocycles. The van der Waals surface area contributed by atoms with Crippen molar-refractivity contribution >= 4 is 0 Å². The summed E-state index contributed by atoms with van der Waals surface area (Å²) in [5.41, 5.74) is 0. The third kappa shape index (κ3) is 9.95. The zero-order valence-electron chi connectivity index (χ0n) is 10.4. The molecule has 2 heteroatoms. The highest BCUT2D eigenvalue weighted by atomic mass is 16.5. The summed E-state index contributed by atoms with van der Waals surface area (Å²) >= 11 is 0. The second kappa shape index (κ2) is 11.7. The van der Waals surface area contributed by atoms with Crippen LogP contribution in [0.3, 0.4) is 0 Å².